The van der Waals surface area contributed by atoms with E-state index in [1.807, 2.05) is 0 Å². The molecule has 0 bridgehead atoms. The van der Waals surface area contributed by atoms with E-state index >= 15 is 0 Å². The lowest BCUT2D eigenvalue weighted by Gasteiger charge is -2.65. The fraction of sp³-hybridized carbons (Fsp3) is 1.00. The minimum Gasteiger partial charge on any atom is -0.394 e. The van der Waals surface area contributed by atoms with E-state index in [2.05, 4.69) is 34.6 Å². The number of rotatable bonds is 7. The Morgan fingerprint density at radius 1 is 0.709 bits per heavy atom. The second-order valence-electron chi connectivity index (χ2n) is 21.1. The summed E-state index contributed by atoms with van der Waals surface area (Å²) in [5.74, 6) is -0.215. The van der Waals surface area contributed by atoms with Gasteiger partial charge in [0.15, 0.2) is 12.6 Å². The molecule has 0 amide bonds. The zero-order valence-electron chi connectivity index (χ0n) is 33.6. The van der Waals surface area contributed by atoms with Crippen molar-refractivity contribution in [3.63, 3.8) is 0 Å². The van der Waals surface area contributed by atoms with Gasteiger partial charge in [0.05, 0.1) is 48.8 Å². The Labute approximate surface area is 324 Å². The molecule has 21 atom stereocenters. The molecule has 0 radical (unpaired) electrons. The Morgan fingerprint density at radius 2 is 1.40 bits per heavy atom. The van der Waals surface area contributed by atoms with Crippen LogP contribution in [0.2, 0.25) is 0 Å². The van der Waals surface area contributed by atoms with Crippen molar-refractivity contribution in [1.82, 2.24) is 0 Å². The first-order valence-corrected chi connectivity index (χ1v) is 20.9. The van der Waals surface area contributed by atoms with Gasteiger partial charge in [0.1, 0.15) is 42.7 Å². The Balaban J connectivity index is 1.15. The Morgan fingerprint density at radius 3 is 2.05 bits per heavy atom. The van der Waals surface area contributed by atoms with Crippen LogP contribution in [0, 0.1) is 44.8 Å². The summed E-state index contributed by atoms with van der Waals surface area (Å²) in [4.78, 5) is 0. The molecule has 3 saturated heterocycles. The van der Waals surface area contributed by atoms with Crippen molar-refractivity contribution >= 4 is 0 Å². The zero-order chi connectivity index (χ0) is 40.1. The maximum Gasteiger partial charge on any atom is 0.186 e. The molecule has 14 heteroatoms. The molecule has 316 valence electrons. The van der Waals surface area contributed by atoms with Gasteiger partial charge in [0.2, 0.25) is 0 Å². The summed E-state index contributed by atoms with van der Waals surface area (Å²) in [5, 5.41) is 97.2. The predicted octanol–water partition coefficient (Wildman–Crippen LogP) is 0.724. The van der Waals surface area contributed by atoms with Crippen LogP contribution in [-0.2, 0) is 23.7 Å². The summed E-state index contributed by atoms with van der Waals surface area (Å²) in [7, 11) is 0. The molecule has 0 unspecified atom stereocenters. The Hall–Kier alpha value is -0.560. The number of ether oxygens (including phenoxy) is 5. The molecule has 5 aliphatic carbocycles. The number of hydrogen-bond acceptors (Lipinski definition) is 14. The molecule has 55 heavy (non-hydrogen) atoms. The molecule has 8 fully saturated rings. The maximum absolute atomic E-state index is 12.2. The van der Waals surface area contributed by atoms with Crippen molar-refractivity contribution in [3.8, 4) is 0 Å². The van der Waals surface area contributed by atoms with Crippen LogP contribution in [0.3, 0.4) is 0 Å². The highest BCUT2D eigenvalue weighted by Crippen LogP contribution is 2.89. The molecule has 5 saturated carbocycles. The van der Waals surface area contributed by atoms with Crippen LogP contribution >= 0.6 is 0 Å². The Kier molecular flexibility index (Phi) is 9.90. The van der Waals surface area contributed by atoms with Gasteiger partial charge in [-0.05, 0) is 117 Å². The quantitative estimate of drug-likeness (QED) is 0.162. The summed E-state index contributed by atoms with van der Waals surface area (Å²) < 4.78 is 31.9. The highest BCUT2D eigenvalue weighted by molar-refractivity contribution is 5.33. The molecule has 0 aromatic carbocycles. The van der Waals surface area contributed by atoms with Gasteiger partial charge < -0.3 is 69.6 Å². The van der Waals surface area contributed by atoms with Crippen molar-refractivity contribution in [3.05, 3.63) is 0 Å². The lowest BCUT2D eigenvalue weighted by molar-refractivity contribution is -0.339. The van der Waals surface area contributed by atoms with E-state index in [-0.39, 0.29) is 52.1 Å². The fourth-order valence-electron chi connectivity index (χ4n) is 14.9. The van der Waals surface area contributed by atoms with Gasteiger partial charge in [0, 0.05) is 5.92 Å². The van der Waals surface area contributed by atoms with Crippen LogP contribution in [0.5, 0.6) is 0 Å². The fourth-order valence-corrected chi connectivity index (χ4v) is 14.9. The second kappa shape index (κ2) is 13.2. The summed E-state index contributed by atoms with van der Waals surface area (Å²) >= 11 is 0. The summed E-state index contributed by atoms with van der Waals surface area (Å²) in [6.07, 6.45) is -7.48. The first-order valence-electron chi connectivity index (χ1n) is 20.9. The third-order valence-electron chi connectivity index (χ3n) is 17.6. The van der Waals surface area contributed by atoms with Gasteiger partial charge in [0.25, 0.3) is 0 Å². The molecule has 8 rings (SSSR count). The topological polar surface area (TPSA) is 228 Å². The summed E-state index contributed by atoms with van der Waals surface area (Å²) in [6.45, 7) is 13.8. The largest absolute Gasteiger partial charge is 0.394 e. The first-order chi connectivity index (χ1) is 25.5. The highest BCUT2D eigenvalue weighted by atomic mass is 16.7. The standard InChI is InChI=1S/C41H68O14/c1-35(2)24(54-33-29(48)26(45)20(44)17-51-33)9-11-41-18-40(41)13-12-37(5)31(39(7)10-8-25(55-39)36(3,4)50)19(43)15-38(37,6)23(40)14-21(32(35)41)52-34-30(49)28(47)27(46)22(16-42)53-34/h19-34,42-50H,8-18H2,1-7H3/t19-,20+,21-,22+,23-,24-,25+,26-,27+,28-,29+,30+,31-,32-,33-,34+,37+,38-,39+,40-,41+/m0/s1. The van der Waals surface area contributed by atoms with E-state index < -0.39 is 96.8 Å². The van der Waals surface area contributed by atoms with Gasteiger partial charge in [-0.2, -0.15) is 0 Å². The van der Waals surface area contributed by atoms with E-state index in [1.165, 1.54) is 0 Å². The summed E-state index contributed by atoms with van der Waals surface area (Å²) in [6, 6.07) is 0. The van der Waals surface area contributed by atoms with E-state index in [1.54, 1.807) is 13.8 Å². The normalized spacial score (nSPS) is 58.7. The SMILES string of the molecule is CC(C)(O)[C@H]1CC[C@](C)([C@H]2[C@@H](O)C[C@@]3(C)[C@@H]4C[C@H](O[C@@H]5O[C@H](CO)[C@@H](O)[C@H](O)[C@H]5O)[C@H]5C(C)(C)[C@@H](O[C@@H]6OC[C@@H](O)[C@H](O)[C@H]6O)CC[C@@]56C[C@@]46CC[C@]23C)O1. The highest BCUT2D eigenvalue weighted by Gasteiger charge is 2.85. The average Bonchev–Trinajstić information content (AvgIpc) is 3.47. The van der Waals surface area contributed by atoms with E-state index in [4.69, 9.17) is 23.7 Å². The van der Waals surface area contributed by atoms with Gasteiger partial charge in [-0.25, -0.2) is 0 Å². The van der Waals surface area contributed by atoms with Crippen molar-refractivity contribution in [1.29, 1.82) is 0 Å². The number of aliphatic hydroxyl groups is 9. The van der Waals surface area contributed by atoms with Gasteiger partial charge in [-0.3, -0.25) is 0 Å². The third-order valence-corrected chi connectivity index (χ3v) is 17.6. The zero-order valence-corrected chi connectivity index (χ0v) is 33.6. The minimum absolute atomic E-state index is 0.0633. The third kappa shape index (κ3) is 5.70. The van der Waals surface area contributed by atoms with Crippen LogP contribution < -0.4 is 0 Å². The number of aliphatic hydroxyl groups excluding tert-OH is 8. The molecule has 3 aliphatic heterocycles. The first kappa shape index (κ1) is 41.2. The van der Waals surface area contributed by atoms with Crippen molar-refractivity contribution in [2.45, 2.75) is 197 Å². The van der Waals surface area contributed by atoms with Crippen molar-refractivity contribution < 1.29 is 69.6 Å². The second-order valence-corrected chi connectivity index (χ2v) is 21.1. The van der Waals surface area contributed by atoms with Crippen LogP contribution in [0.15, 0.2) is 0 Å². The molecule has 0 aromatic heterocycles. The molecule has 9 N–H and O–H groups in total. The summed E-state index contributed by atoms with van der Waals surface area (Å²) in [5.41, 5.74) is -3.16. The molecule has 8 aliphatic rings. The molecule has 2 spiro atoms. The average molecular weight is 785 g/mol. The smallest absolute Gasteiger partial charge is 0.186 e. The Bertz CT molecular complexity index is 1460. The van der Waals surface area contributed by atoms with Crippen molar-refractivity contribution in [2.75, 3.05) is 13.2 Å². The van der Waals surface area contributed by atoms with Crippen LogP contribution in [0.1, 0.15) is 106 Å². The number of hydrogen-bond donors (Lipinski definition) is 9. The van der Waals surface area contributed by atoms with Crippen LogP contribution in [0.25, 0.3) is 0 Å². The van der Waals surface area contributed by atoms with Crippen LogP contribution in [0.4, 0.5) is 0 Å². The predicted molar refractivity (Wildman–Crippen MR) is 194 cm³/mol. The van der Waals surface area contributed by atoms with Gasteiger partial charge >= 0.3 is 0 Å². The maximum atomic E-state index is 12.2. The molecule has 14 nitrogen and oxygen atoms in total. The van der Waals surface area contributed by atoms with E-state index in [0.717, 1.165) is 32.1 Å². The minimum atomic E-state index is -1.60. The molecular formula is C41H68O14. The number of fused-ring (bicyclic) bond motifs is 2. The molecular weight excluding hydrogens is 716 g/mol. The lowest BCUT2D eigenvalue weighted by Crippen LogP contribution is -2.65. The lowest BCUT2D eigenvalue weighted by atomic mass is 9.41. The van der Waals surface area contributed by atoms with E-state index in [0.29, 0.717) is 25.7 Å². The van der Waals surface area contributed by atoms with Gasteiger partial charge in [-0.1, -0.05) is 27.7 Å². The molecule has 0 aromatic rings. The molecule has 3 heterocycles. The monoisotopic (exact) mass is 784 g/mol. The van der Waals surface area contributed by atoms with Crippen LogP contribution in [-0.4, -0.2) is 150 Å². The van der Waals surface area contributed by atoms with Gasteiger partial charge in [-0.15, -0.1) is 0 Å². The van der Waals surface area contributed by atoms with Crippen molar-refractivity contribution in [2.24, 2.45) is 44.8 Å². The van der Waals surface area contributed by atoms with E-state index in [9.17, 15) is 46.0 Å².